The first-order chi connectivity index (χ1) is 11.6. The van der Waals surface area contributed by atoms with E-state index in [2.05, 4.69) is 29.5 Å². The molecule has 0 aliphatic carbocycles. The Bertz CT molecular complexity index is 551. The molecule has 1 aliphatic rings. The van der Waals surface area contributed by atoms with Crippen molar-refractivity contribution in [2.75, 3.05) is 38.3 Å². The molecule has 7 heteroatoms. The quantitative estimate of drug-likeness (QED) is 0.284. The standard InChI is InChI=1S/C18H28N4O2.HI/c1-14(2)13-24-10-9-20-18(19-3)21-15-11-17(23)22(12-15)16-7-5-4-6-8-16;/h4-8,14-15H,9-13H2,1-3H3,(H2,19,20,21);1H. The van der Waals surface area contributed by atoms with E-state index in [9.17, 15) is 4.79 Å². The number of rotatable bonds is 7. The van der Waals surface area contributed by atoms with Crippen LogP contribution in [0.2, 0.25) is 0 Å². The predicted octanol–water partition coefficient (Wildman–Crippen LogP) is 2.25. The van der Waals surface area contributed by atoms with E-state index in [4.69, 9.17) is 4.74 Å². The molecular weight excluding hydrogens is 431 g/mol. The van der Waals surface area contributed by atoms with Crippen molar-refractivity contribution >= 4 is 41.5 Å². The molecule has 1 fully saturated rings. The topological polar surface area (TPSA) is 66.0 Å². The summed E-state index contributed by atoms with van der Waals surface area (Å²) in [5, 5.41) is 6.54. The number of carbonyl (C=O) groups excluding carboxylic acids is 1. The summed E-state index contributed by atoms with van der Waals surface area (Å²) in [6.45, 7) is 6.99. The number of anilines is 1. The van der Waals surface area contributed by atoms with Gasteiger partial charge in [0.2, 0.25) is 5.91 Å². The Morgan fingerprint density at radius 1 is 1.36 bits per heavy atom. The van der Waals surface area contributed by atoms with Crippen molar-refractivity contribution < 1.29 is 9.53 Å². The highest BCUT2D eigenvalue weighted by molar-refractivity contribution is 14.0. The number of benzene rings is 1. The Kier molecular flexibility index (Phi) is 9.81. The zero-order valence-corrected chi connectivity index (χ0v) is 17.5. The van der Waals surface area contributed by atoms with Crippen LogP contribution >= 0.6 is 24.0 Å². The Morgan fingerprint density at radius 3 is 2.72 bits per heavy atom. The highest BCUT2D eigenvalue weighted by Gasteiger charge is 2.30. The third-order valence-corrected chi connectivity index (χ3v) is 3.75. The van der Waals surface area contributed by atoms with Gasteiger partial charge in [-0.1, -0.05) is 32.0 Å². The number of nitrogens with one attached hydrogen (secondary N) is 2. The van der Waals surface area contributed by atoms with Gasteiger partial charge in [0.05, 0.1) is 12.6 Å². The van der Waals surface area contributed by atoms with Crippen molar-refractivity contribution in [3.63, 3.8) is 0 Å². The molecule has 6 nitrogen and oxygen atoms in total. The third kappa shape index (κ3) is 7.19. The maximum atomic E-state index is 12.2. The van der Waals surface area contributed by atoms with Gasteiger partial charge < -0.3 is 20.3 Å². The minimum Gasteiger partial charge on any atom is -0.379 e. The van der Waals surface area contributed by atoms with Gasteiger partial charge in [-0.25, -0.2) is 0 Å². The monoisotopic (exact) mass is 460 g/mol. The number of amides is 1. The minimum absolute atomic E-state index is 0. The van der Waals surface area contributed by atoms with Crippen LogP contribution in [-0.2, 0) is 9.53 Å². The average molecular weight is 460 g/mol. The number of guanidine groups is 1. The molecule has 1 saturated heterocycles. The largest absolute Gasteiger partial charge is 0.379 e. The maximum Gasteiger partial charge on any atom is 0.229 e. The van der Waals surface area contributed by atoms with Crippen molar-refractivity contribution in [2.24, 2.45) is 10.9 Å². The van der Waals surface area contributed by atoms with Crippen LogP contribution in [0.3, 0.4) is 0 Å². The fourth-order valence-electron chi connectivity index (χ4n) is 2.61. The molecule has 1 aromatic rings. The summed E-state index contributed by atoms with van der Waals surface area (Å²) < 4.78 is 5.54. The fourth-order valence-corrected chi connectivity index (χ4v) is 2.61. The van der Waals surface area contributed by atoms with Gasteiger partial charge in [-0.05, 0) is 18.1 Å². The lowest BCUT2D eigenvalue weighted by atomic mass is 10.2. The van der Waals surface area contributed by atoms with E-state index in [1.54, 1.807) is 7.05 Å². The average Bonchev–Trinajstić information content (AvgIpc) is 2.94. The molecule has 0 spiro atoms. The molecule has 1 unspecified atom stereocenters. The second-order valence-corrected chi connectivity index (χ2v) is 6.35. The van der Waals surface area contributed by atoms with Gasteiger partial charge in [-0.15, -0.1) is 24.0 Å². The number of carbonyl (C=O) groups is 1. The first kappa shape index (κ1) is 21.7. The van der Waals surface area contributed by atoms with Gasteiger partial charge in [-0.2, -0.15) is 0 Å². The smallest absolute Gasteiger partial charge is 0.229 e. The molecule has 1 aromatic carbocycles. The molecule has 2 rings (SSSR count). The van der Waals surface area contributed by atoms with E-state index in [0.717, 1.165) is 12.3 Å². The SMILES string of the molecule is CN=C(NCCOCC(C)C)NC1CC(=O)N(c2ccccc2)C1.I. The fraction of sp³-hybridized carbons (Fsp3) is 0.556. The summed E-state index contributed by atoms with van der Waals surface area (Å²) in [5.74, 6) is 1.38. The lowest BCUT2D eigenvalue weighted by Crippen LogP contribution is -2.45. The second kappa shape index (κ2) is 11.3. The molecule has 1 heterocycles. The molecular formula is C18H29IN4O2. The lowest BCUT2D eigenvalue weighted by molar-refractivity contribution is -0.117. The third-order valence-electron chi connectivity index (χ3n) is 3.75. The summed E-state index contributed by atoms with van der Waals surface area (Å²) in [7, 11) is 1.73. The molecule has 0 radical (unpaired) electrons. The Balaban J connectivity index is 0.00000312. The van der Waals surface area contributed by atoms with Crippen LogP contribution in [0.4, 0.5) is 5.69 Å². The van der Waals surface area contributed by atoms with E-state index >= 15 is 0 Å². The summed E-state index contributed by atoms with van der Waals surface area (Å²) in [6.07, 6.45) is 0.472. The van der Waals surface area contributed by atoms with Crippen molar-refractivity contribution in [1.29, 1.82) is 0 Å². The maximum absolute atomic E-state index is 12.2. The van der Waals surface area contributed by atoms with E-state index < -0.39 is 0 Å². The van der Waals surface area contributed by atoms with Gasteiger partial charge in [0.15, 0.2) is 5.96 Å². The molecule has 1 amide bonds. The highest BCUT2D eigenvalue weighted by atomic mass is 127. The molecule has 140 valence electrons. The van der Waals surface area contributed by atoms with Crippen LogP contribution in [0.5, 0.6) is 0 Å². The van der Waals surface area contributed by atoms with Crippen molar-refractivity contribution in [3.8, 4) is 0 Å². The van der Waals surface area contributed by atoms with E-state index in [1.165, 1.54) is 0 Å². The van der Waals surface area contributed by atoms with Crippen LogP contribution < -0.4 is 15.5 Å². The number of hydrogen-bond donors (Lipinski definition) is 2. The number of nitrogens with zero attached hydrogens (tertiary/aromatic N) is 2. The predicted molar refractivity (Wildman–Crippen MR) is 113 cm³/mol. The number of para-hydroxylation sites is 1. The summed E-state index contributed by atoms with van der Waals surface area (Å²) in [5.41, 5.74) is 0.942. The normalized spacial score (nSPS) is 17.6. The van der Waals surface area contributed by atoms with Gasteiger partial charge in [-0.3, -0.25) is 9.79 Å². The van der Waals surface area contributed by atoms with E-state index in [-0.39, 0.29) is 35.9 Å². The van der Waals surface area contributed by atoms with Crippen molar-refractivity contribution in [1.82, 2.24) is 10.6 Å². The number of aliphatic imine (C=N–C) groups is 1. The summed E-state index contributed by atoms with van der Waals surface area (Å²) >= 11 is 0. The van der Waals surface area contributed by atoms with E-state index in [1.807, 2.05) is 35.2 Å². The van der Waals surface area contributed by atoms with Crippen LogP contribution in [0.15, 0.2) is 35.3 Å². The first-order valence-electron chi connectivity index (χ1n) is 8.50. The molecule has 0 aromatic heterocycles. The number of hydrogen-bond acceptors (Lipinski definition) is 3. The van der Waals surface area contributed by atoms with Gasteiger partial charge in [0, 0.05) is 38.9 Å². The lowest BCUT2D eigenvalue weighted by Gasteiger charge is -2.19. The van der Waals surface area contributed by atoms with Crippen LogP contribution in [0.1, 0.15) is 20.3 Å². The second-order valence-electron chi connectivity index (χ2n) is 6.35. The summed E-state index contributed by atoms with van der Waals surface area (Å²) in [6, 6.07) is 9.81. The Morgan fingerprint density at radius 2 is 2.08 bits per heavy atom. The van der Waals surface area contributed by atoms with E-state index in [0.29, 0.717) is 38.0 Å². The Labute approximate surface area is 167 Å². The molecule has 0 saturated carbocycles. The molecule has 25 heavy (non-hydrogen) atoms. The van der Waals surface area contributed by atoms with Crippen LogP contribution in [-0.4, -0.2) is 51.3 Å². The first-order valence-corrected chi connectivity index (χ1v) is 8.50. The molecule has 1 atom stereocenters. The van der Waals surface area contributed by atoms with Crippen molar-refractivity contribution in [3.05, 3.63) is 30.3 Å². The molecule has 2 N–H and O–H groups in total. The summed E-state index contributed by atoms with van der Waals surface area (Å²) in [4.78, 5) is 18.3. The van der Waals surface area contributed by atoms with Gasteiger partial charge in [0.1, 0.15) is 0 Å². The van der Waals surface area contributed by atoms with Gasteiger partial charge in [0.25, 0.3) is 0 Å². The zero-order chi connectivity index (χ0) is 17.4. The minimum atomic E-state index is 0. The molecule has 0 bridgehead atoms. The Hall–Kier alpha value is -1.35. The molecule has 1 aliphatic heterocycles. The number of ether oxygens (including phenoxy) is 1. The van der Waals surface area contributed by atoms with Gasteiger partial charge >= 0.3 is 0 Å². The van der Waals surface area contributed by atoms with Crippen molar-refractivity contribution in [2.45, 2.75) is 26.3 Å². The van der Waals surface area contributed by atoms with Crippen LogP contribution in [0.25, 0.3) is 0 Å². The zero-order valence-electron chi connectivity index (χ0n) is 15.2. The highest BCUT2D eigenvalue weighted by Crippen LogP contribution is 2.20. The number of halogens is 1. The van der Waals surface area contributed by atoms with Crippen LogP contribution in [0, 0.1) is 5.92 Å².